The lowest BCUT2D eigenvalue weighted by Crippen LogP contribution is -2.51. The molecule has 6 heteroatoms. The summed E-state index contributed by atoms with van der Waals surface area (Å²) in [5.41, 5.74) is 1.39. The molecule has 6 nitrogen and oxygen atoms in total. The Hall–Kier alpha value is -2.63. The molecule has 1 heterocycles. The first-order valence-electron chi connectivity index (χ1n) is 11.5. The number of methoxy groups -OCH3 is 1. The van der Waals surface area contributed by atoms with Gasteiger partial charge in [-0.15, -0.1) is 0 Å². The van der Waals surface area contributed by atoms with Gasteiger partial charge >= 0.3 is 0 Å². The fourth-order valence-electron chi connectivity index (χ4n) is 4.64. The molecule has 0 radical (unpaired) electrons. The van der Waals surface area contributed by atoms with Crippen molar-refractivity contribution in [1.29, 1.82) is 0 Å². The van der Waals surface area contributed by atoms with Gasteiger partial charge in [-0.25, -0.2) is 4.68 Å². The van der Waals surface area contributed by atoms with Crippen LogP contribution in [0.4, 0.5) is 0 Å². The second-order valence-corrected chi connectivity index (χ2v) is 9.39. The molecule has 166 valence electrons. The maximum atomic E-state index is 13.6. The topological polar surface area (TPSA) is 73.2 Å². The van der Waals surface area contributed by atoms with E-state index in [0.717, 1.165) is 55.5 Å². The van der Waals surface area contributed by atoms with Gasteiger partial charge in [0.05, 0.1) is 30.8 Å². The van der Waals surface area contributed by atoms with Crippen LogP contribution in [0.5, 0.6) is 5.75 Å². The molecule has 4 rings (SSSR count). The van der Waals surface area contributed by atoms with Crippen molar-refractivity contribution in [3.05, 3.63) is 58.0 Å². The van der Waals surface area contributed by atoms with E-state index in [1.807, 2.05) is 30.3 Å². The Morgan fingerprint density at radius 2 is 1.84 bits per heavy atom. The van der Waals surface area contributed by atoms with E-state index in [1.54, 1.807) is 13.2 Å². The van der Waals surface area contributed by atoms with E-state index in [9.17, 15) is 9.59 Å². The summed E-state index contributed by atoms with van der Waals surface area (Å²) < 4.78 is 6.82. The largest absolute Gasteiger partial charge is 0.497 e. The van der Waals surface area contributed by atoms with Gasteiger partial charge in [0.25, 0.3) is 5.56 Å². The van der Waals surface area contributed by atoms with Crippen LogP contribution in [0.25, 0.3) is 0 Å². The highest BCUT2D eigenvalue weighted by Gasteiger charge is 2.43. The number of nitrogens with one attached hydrogen (secondary N) is 1. The third-order valence-corrected chi connectivity index (χ3v) is 6.91. The summed E-state index contributed by atoms with van der Waals surface area (Å²) in [4.78, 5) is 26.1. The molecule has 0 unspecified atom stereocenters. The fourth-order valence-corrected chi connectivity index (χ4v) is 4.64. The summed E-state index contributed by atoms with van der Waals surface area (Å²) in [5.74, 6) is 1.51. The molecular weight excluding hydrogens is 390 g/mol. The van der Waals surface area contributed by atoms with Crippen molar-refractivity contribution in [2.75, 3.05) is 7.11 Å². The maximum Gasteiger partial charge on any atom is 0.266 e. The smallest absolute Gasteiger partial charge is 0.266 e. The van der Waals surface area contributed by atoms with Gasteiger partial charge in [0.15, 0.2) is 0 Å². The number of carbonyl (C=O) groups excluding carboxylic acids is 1. The first-order valence-corrected chi connectivity index (χ1v) is 11.5. The minimum absolute atomic E-state index is 0.0558. The van der Waals surface area contributed by atoms with E-state index in [-0.39, 0.29) is 23.4 Å². The standard InChI is InChI=1S/C25H33N3O3/c1-17(2)22(16-28-23(29)13-12-21(27-28)18-6-7-18)26-24(30)25(14-4-5-15-25)19-8-10-20(31-3)11-9-19/h8-13,17-18,22H,4-7,14-16H2,1-3H3,(H,26,30)/t22-/m1/s1. The summed E-state index contributed by atoms with van der Waals surface area (Å²) in [6.45, 7) is 4.55. The molecule has 2 fully saturated rings. The number of aromatic nitrogens is 2. The zero-order valence-corrected chi connectivity index (χ0v) is 18.8. The van der Waals surface area contributed by atoms with Crippen LogP contribution in [0, 0.1) is 5.92 Å². The van der Waals surface area contributed by atoms with E-state index in [0.29, 0.717) is 12.5 Å². The normalized spacial score (nSPS) is 18.7. The minimum Gasteiger partial charge on any atom is -0.497 e. The third-order valence-electron chi connectivity index (χ3n) is 6.91. The van der Waals surface area contributed by atoms with Crippen molar-refractivity contribution in [3.8, 4) is 5.75 Å². The van der Waals surface area contributed by atoms with E-state index < -0.39 is 5.41 Å². The van der Waals surface area contributed by atoms with Crippen LogP contribution in [-0.2, 0) is 16.8 Å². The molecule has 1 atom stereocenters. The molecular formula is C25H33N3O3. The lowest BCUT2D eigenvalue weighted by Gasteiger charge is -2.32. The van der Waals surface area contributed by atoms with E-state index in [2.05, 4.69) is 24.3 Å². The molecule has 1 aromatic carbocycles. The second kappa shape index (κ2) is 8.85. The predicted molar refractivity (Wildman–Crippen MR) is 120 cm³/mol. The number of rotatable bonds is 8. The summed E-state index contributed by atoms with van der Waals surface area (Å²) in [6, 6.07) is 11.2. The van der Waals surface area contributed by atoms with Gasteiger partial charge in [-0.05, 0) is 55.4 Å². The number of benzene rings is 1. The molecule has 0 spiro atoms. The van der Waals surface area contributed by atoms with Crippen molar-refractivity contribution in [2.24, 2.45) is 5.92 Å². The van der Waals surface area contributed by atoms with Crippen molar-refractivity contribution in [2.45, 2.75) is 76.3 Å². The van der Waals surface area contributed by atoms with E-state index in [1.165, 1.54) is 4.68 Å². The third kappa shape index (κ3) is 4.53. The summed E-state index contributed by atoms with van der Waals surface area (Å²) in [7, 11) is 1.65. The average Bonchev–Trinajstić information content (AvgIpc) is 3.50. The van der Waals surface area contributed by atoms with Crippen LogP contribution in [0.1, 0.15) is 69.5 Å². The molecule has 0 saturated heterocycles. The molecule has 31 heavy (non-hydrogen) atoms. The highest BCUT2D eigenvalue weighted by Crippen LogP contribution is 2.42. The molecule has 2 saturated carbocycles. The molecule has 1 N–H and O–H groups in total. The van der Waals surface area contributed by atoms with Gasteiger partial charge in [-0.2, -0.15) is 5.10 Å². The van der Waals surface area contributed by atoms with Gasteiger partial charge in [0.2, 0.25) is 5.91 Å². The SMILES string of the molecule is COc1ccc(C2(C(=O)N[C@H](Cn3nc(C4CC4)ccc3=O)C(C)C)CCCC2)cc1. The van der Waals surface area contributed by atoms with E-state index >= 15 is 0 Å². The van der Waals surface area contributed by atoms with Crippen molar-refractivity contribution in [1.82, 2.24) is 15.1 Å². The molecule has 1 aromatic heterocycles. The Kier molecular flexibility index (Phi) is 6.17. The Morgan fingerprint density at radius 1 is 1.16 bits per heavy atom. The van der Waals surface area contributed by atoms with Crippen LogP contribution < -0.4 is 15.6 Å². The van der Waals surface area contributed by atoms with Gasteiger partial charge in [-0.3, -0.25) is 9.59 Å². The Bertz CT molecular complexity index is 970. The first kappa shape index (κ1) is 21.6. The quantitative estimate of drug-likeness (QED) is 0.701. The number of ether oxygens (including phenoxy) is 1. The molecule has 0 bridgehead atoms. The van der Waals surface area contributed by atoms with Crippen LogP contribution in [0.3, 0.4) is 0 Å². The minimum atomic E-state index is -0.520. The van der Waals surface area contributed by atoms with Gasteiger partial charge in [0, 0.05) is 12.0 Å². The zero-order valence-electron chi connectivity index (χ0n) is 18.8. The van der Waals surface area contributed by atoms with Crippen LogP contribution >= 0.6 is 0 Å². The number of amides is 1. The Morgan fingerprint density at radius 3 is 2.42 bits per heavy atom. The Balaban J connectivity index is 1.56. The van der Waals surface area contributed by atoms with Crippen molar-refractivity contribution >= 4 is 5.91 Å². The molecule has 0 aliphatic heterocycles. The maximum absolute atomic E-state index is 13.6. The highest BCUT2D eigenvalue weighted by atomic mass is 16.5. The molecule has 2 aliphatic carbocycles. The van der Waals surface area contributed by atoms with Crippen LogP contribution in [0.15, 0.2) is 41.2 Å². The number of carbonyl (C=O) groups is 1. The summed E-state index contributed by atoms with van der Waals surface area (Å²) >= 11 is 0. The highest BCUT2D eigenvalue weighted by molar-refractivity contribution is 5.89. The van der Waals surface area contributed by atoms with Gasteiger partial charge in [0.1, 0.15) is 5.75 Å². The lowest BCUT2D eigenvalue weighted by atomic mass is 9.77. The fraction of sp³-hybridized carbons (Fsp3) is 0.560. The monoisotopic (exact) mass is 423 g/mol. The summed E-state index contributed by atoms with van der Waals surface area (Å²) in [6.07, 6.45) is 6.03. The van der Waals surface area contributed by atoms with Crippen LogP contribution in [0.2, 0.25) is 0 Å². The van der Waals surface area contributed by atoms with Crippen molar-refractivity contribution in [3.63, 3.8) is 0 Å². The lowest BCUT2D eigenvalue weighted by molar-refractivity contribution is -0.127. The van der Waals surface area contributed by atoms with Gasteiger partial charge < -0.3 is 10.1 Å². The molecule has 1 amide bonds. The van der Waals surface area contributed by atoms with Gasteiger partial charge in [-0.1, -0.05) is 38.8 Å². The summed E-state index contributed by atoms with van der Waals surface area (Å²) in [5, 5.41) is 7.89. The second-order valence-electron chi connectivity index (χ2n) is 9.39. The molecule has 2 aromatic rings. The zero-order chi connectivity index (χ0) is 22.0. The predicted octanol–water partition coefficient (Wildman–Crippen LogP) is 3.78. The Labute approximate surface area is 184 Å². The average molecular weight is 424 g/mol. The van der Waals surface area contributed by atoms with Crippen molar-refractivity contribution < 1.29 is 9.53 Å². The van der Waals surface area contributed by atoms with Crippen LogP contribution in [-0.4, -0.2) is 28.8 Å². The first-order chi connectivity index (χ1) is 14.9. The number of nitrogens with zero attached hydrogens (tertiary/aromatic N) is 2. The molecule has 2 aliphatic rings. The number of hydrogen-bond acceptors (Lipinski definition) is 4. The number of hydrogen-bond donors (Lipinski definition) is 1. The van der Waals surface area contributed by atoms with E-state index in [4.69, 9.17) is 4.74 Å².